The number of rotatable bonds is 7. The molecule has 0 aliphatic carbocycles. The summed E-state index contributed by atoms with van der Waals surface area (Å²) in [4.78, 5) is 37.6. The van der Waals surface area contributed by atoms with Gasteiger partial charge in [0.2, 0.25) is 0 Å². The summed E-state index contributed by atoms with van der Waals surface area (Å²) >= 11 is 0. The summed E-state index contributed by atoms with van der Waals surface area (Å²) in [6.45, 7) is -0.450. The fourth-order valence-corrected chi connectivity index (χ4v) is 3.66. The van der Waals surface area contributed by atoms with Crippen molar-refractivity contribution in [3.8, 4) is 0 Å². The highest BCUT2D eigenvalue weighted by Crippen LogP contribution is 2.27. The summed E-state index contributed by atoms with van der Waals surface area (Å²) < 4.78 is 21.6. The molecular weight excluding hydrogens is 468 g/mol. The quantitative estimate of drug-likeness (QED) is 0.377. The van der Waals surface area contributed by atoms with Crippen molar-refractivity contribution in [3.63, 3.8) is 0 Å². The van der Waals surface area contributed by atoms with Gasteiger partial charge in [0.15, 0.2) is 18.5 Å². The van der Waals surface area contributed by atoms with Crippen LogP contribution in [0.5, 0.6) is 0 Å². The minimum atomic E-state index is -1.78. The van der Waals surface area contributed by atoms with Crippen molar-refractivity contribution in [2.45, 2.75) is 30.7 Å². The third-order valence-corrected chi connectivity index (χ3v) is 5.53. The van der Waals surface area contributed by atoms with E-state index >= 15 is 0 Å². The fourth-order valence-electron chi connectivity index (χ4n) is 3.66. The molecule has 1 aliphatic rings. The van der Waals surface area contributed by atoms with E-state index in [1.165, 1.54) is 24.3 Å². The minimum absolute atomic E-state index is 0.189. The normalized spacial score (nSPS) is 23.3. The maximum Gasteiger partial charge on any atom is 0.338 e. The molecule has 3 aromatic carbocycles. The van der Waals surface area contributed by atoms with Gasteiger partial charge in [-0.05, 0) is 36.4 Å². The fraction of sp³-hybridized carbons (Fsp3) is 0.222. The van der Waals surface area contributed by atoms with Gasteiger partial charge in [0.1, 0.15) is 18.8 Å². The molecule has 1 fully saturated rings. The van der Waals surface area contributed by atoms with Gasteiger partial charge < -0.3 is 29.2 Å². The van der Waals surface area contributed by atoms with E-state index in [1.54, 1.807) is 66.7 Å². The first kappa shape index (κ1) is 25.1. The molecule has 1 heterocycles. The first-order valence-electron chi connectivity index (χ1n) is 11.2. The summed E-state index contributed by atoms with van der Waals surface area (Å²) in [5, 5.41) is 21.5. The lowest BCUT2D eigenvalue weighted by Gasteiger charge is -2.41. The van der Waals surface area contributed by atoms with E-state index in [0.717, 1.165) is 0 Å². The topological polar surface area (TPSA) is 129 Å². The Labute approximate surface area is 206 Å². The molecule has 0 saturated carbocycles. The number of aliphatic hydroxyl groups is 2. The molecule has 0 amide bonds. The monoisotopic (exact) mass is 492 g/mol. The van der Waals surface area contributed by atoms with Gasteiger partial charge in [-0.3, -0.25) is 0 Å². The summed E-state index contributed by atoms with van der Waals surface area (Å²) in [6.07, 6.45) is -7.72. The number of carbonyl (C=O) groups is 3. The molecule has 186 valence electrons. The third-order valence-electron chi connectivity index (χ3n) is 5.53. The molecule has 1 aliphatic heterocycles. The molecular formula is C27H24O9. The second-order valence-corrected chi connectivity index (χ2v) is 7.99. The van der Waals surface area contributed by atoms with Crippen LogP contribution < -0.4 is 0 Å². The van der Waals surface area contributed by atoms with Gasteiger partial charge in [-0.25, -0.2) is 14.4 Å². The zero-order valence-corrected chi connectivity index (χ0v) is 19.0. The Morgan fingerprint density at radius 3 is 1.53 bits per heavy atom. The van der Waals surface area contributed by atoms with Crippen molar-refractivity contribution in [2.75, 3.05) is 6.61 Å². The Kier molecular flexibility index (Phi) is 8.06. The van der Waals surface area contributed by atoms with Gasteiger partial charge >= 0.3 is 17.9 Å². The summed E-state index contributed by atoms with van der Waals surface area (Å²) in [7, 11) is 0. The Hall–Kier alpha value is -4.05. The van der Waals surface area contributed by atoms with Crippen molar-refractivity contribution in [2.24, 2.45) is 0 Å². The Morgan fingerprint density at radius 1 is 0.639 bits per heavy atom. The lowest BCUT2D eigenvalue weighted by Crippen LogP contribution is -2.61. The highest BCUT2D eigenvalue weighted by Gasteiger charge is 2.49. The first-order chi connectivity index (χ1) is 17.4. The number of hydrogen-bond donors (Lipinski definition) is 2. The van der Waals surface area contributed by atoms with E-state index in [2.05, 4.69) is 0 Å². The lowest BCUT2D eigenvalue weighted by molar-refractivity contribution is -0.284. The molecule has 0 radical (unpaired) electrons. The van der Waals surface area contributed by atoms with E-state index in [4.69, 9.17) is 18.9 Å². The highest BCUT2D eigenvalue weighted by molar-refractivity contribution is 5.90. The lowest BCUT2D eigenvalue weighted by atomic mass is 9.98. The predicted octanol–water partition coefficient (Wildman–Crippen LogP) is 2.37. The molecule has 0 spiro atoms. The van der Waals surface area contributed by atoms with Crippen molar-refractivity contribution < 1.29 is 43.5 Å². The van der Waals surface area contributed by atoms with Gasteiger partial charge in [-0.1, -0.05) is 54.6 Å². The molecule has 9 heteroatoms. The predicted molar refractivity (Wildman–Crippen MR) is 125 cm³/mol. The van der Waals surface area contributed by atoms with Gasteiger partial charge in [0.25, 0.3) is 0 Å². The van der Waals surface area contributed by atoms with Crippen molar-refractivity contribution in [1.29, 1.82) is 0 Å². The molecule has 36 heavy (non-hydrogen) atoms. The van der Waals surface area contributed by atoms with E-state index < -0.39 is 55.2 Å². The Bertz CT molecular complexity index is 1170. The smallest absolute Gasteiger partial charge is 0.338 e. The zero-order chi connectivity index (χ0) is 25.5. The molecule has 0 aromatic heterocycles. The molecule has 1 saturated heterocycles. The maximum atomic E-state index is 12.7. The van der Waals surface area contributed by atoms with E-state index in [1.807, 2.05) is 0 Å². The van der Waals surface area contributed by atoms with Crippen LogP contribution in [0.25, 0.3) is 0 Å². The Balaban J connectivity index is 1.52. The van der Waals surface area contributed by atoms with E-state index in [9.17, 15) is 24.6 Å². The number of aliphatic hydroxyl groups excluding tert-OH is 2. The highest BCUT2D eigenvalue weighted by atomic mass is 16.7. The zero-order valence-electron chi connectivity index (χ0n) is 19.0. The van der Waals surface area contributed by atoms with Crippen LogP contribution >= 0.6 is 0 Å². The molecule has 4 rings (SSSR count). The number of carbonyl (C=O) groups excluding carboxylic acids is 3. The summed E-state index contributed by atoms with van der Waals surface area (Å²) in [5.74, 6) is -2.27. The van der Waals surface area contributed by atoms with Gasteiger partial charge in [-0.2, -0.15) is 0 Å². The van der Waals surface area contributed by atoms with Crippen LogP contribution in [0, 0.1) is 0 Å². The van der Waals surface area contributed by atoms with E-state index in [0.29, 0.717) is 0 Å². The van der Waals surface area contributed by atoms with Gasteiger partial charge in [-0.15, -0.1) is 0 Å². The second kappa shape index (κ2) is 11.6. The standard InChI is InChI=1S/C27H24O9/c28-21-22(35-25(30)18-12-6-2-7-13-18)20(16-33-24(29)17-10-4-1-5-11-17)34-27(32)23(21)36-26(31)19-14-8-3-9-15-19/h1-15,20-23,27-28,32H,16H2. The van der Waals surface area contributed by atoms with Crippen LogP contribution in [0.15, 0.2) is 91.0 Å². The van der Waals surface area contributed by atoms with Crippen molar-refractivity contribution in [3.05, 3.63) is 108 Å². The average molecular weight is 492 g/mol. The van der Waals surface area contributed by atoms with E-state index in [-0.39, 0.29) is 16.7 Å². The second-order valence-electron chi connectivity index (χ2n) is 7.99. The number of esters is 3. The van der Waals surface area contributed by atoms with Crippen LogP contribution in [-0.4, -0.2) is 65.4 Å². The van der Waals surface area contributed by atoms with Crippen molar-refractivity contribution in [1.82, 2.24) is 0 Å². The number of hydrogen-bond acceptors (Lipinski definition) is 9. The SMILES string of the molecule is O=C(OCC1OC(O)C(OC(=O)c2ccccc2)C(O)C1OC(=O)c1ccccc1)c1ccccc1. The van der Waals surface area contributed by atoms with Crippen LogP contribution in [-0.2, 0) is 18.9 Å². The molecule has 9 nitrogen and oxygen atoms in total. The molecule has 3 aromatic rings. The van der Waals surface area contributed by atoms with Crippen LogP contribution in [0.3, 0.4) is 0 Å². The average Bonchev–Trinajstić information content (AvgIpc) is 2.92. The number of benzene rings is 3. The summed E-state index contributed by atoms with van der Waals surface area (Å²) in [6, 6.07) is 24.2. The maximum absolute atomic E-state index is 12.7. The Morgan fingerprint density at radius 2 is 1.06 bits per heavy atom. The number of ether oxygens (including phenoxy) is 4. The minimum Gasteiger partial charge on any atom is -0.459 e. The first-order valence-corrected chi connectivity index (χ1v) is 11.2. The van der Waals surface area contributed by atoms with Crippen molar-refractivity contribution >= 4 is 17.9 Å². The van der Waals surface area contributed by atoms with Crippen LogP contribution in [0.2, 0.25) is 0 Å². The van der Waals surface area contributed by atoms with Crippen LogP contribution in [0.1, 0.15) is 31.1 Å². The van der Waals surface area contributed by atoms with Crippen LogP contribution in [0.4, 0.5) is 0 Å². The molecule has 5 atom stereocenters. The van der Waals surface area contributed by atoms with Gasteiger partial charge in [0, 0.05) is 0 Å². The largest absolute Gasteiger partial charge is 0.459 e. The molecule has 5 unspecified atom stereocenters. The molecule has 0 bridgehead atoms. The summed E-state index contributed by atoms with van der Waals surface area (Å²) in [5.41, 5.74) is 0.671. The molecule has 2 N–H and O–H groups in total. The third kappa shape index (κ3) is 5.95. The van der Waals surface area contributed by atoms with Gasteiger partial charge in [0.05, 0.1) is 16.7 Å².